The molecule has 1 aromatic rings. The van der Waals surface area contributed by atoms with Crippen LogP contribution in [0.3, 0.4) is 0 Å². The standard InChI is InChI=1S/C15H18N4O2S2/c1-22-15(17-10-16)18-11-7-12(19(20)21)9-14(8-11)23-13-5-3-2-4-6-13/h7-9,13H,2-6H2,1H3,(H,17,18). The number of rotatable bonds is 4. The van der Waals surface area contributed by atoms with Crippen LogP contribution in [0, 0.1) is 21.6 Å². The maximum atomic E-state index is 11.2. The minimum absolute atomic E-state index is 0.0296. The van der Waals surface area contributed by atoms with Crippen LogP contribution in [0.2, 0.25) is 0 Å². The highest BCUT2D eigenvalue weighted by Gasteiger charge is 2.17. The molecule has 2 rings (SSSR count). The summed E-state index contributed by atoms with van der Waals surface area (Å²) in [5.41, 5.74) is 0.520. The van der Waals surface area contributed by atoms with Crippen molar-refractivity contribution in [3.05, 3.63) is 28.3 Å². The lowest BCUT2D eigenvalue weighted by Crippen LogP contribution is -2.12. The first-order chi connectivity index (χ1) is 11.1. The van der Waals surface area contributed by atoms with E-state index in [1.807, 2.05) is 12.3 Å². The van der Waals surface area contributed by atoms with Gasteiger partial charge in [-0.05, 0) is 25.2 Å². The second kappa shape index (κ2) is 8.79. The Balaban J connectivity index is 2.27. The molecule has 0 bridgehead atoms. The molecule has 0 heterocycles. The first kappa shape index (κ1) is 17.6. The molecule has 1 fully saturated rings. The quantitative estimate of drug-likeness (QED) is 0.215. The minimum Gasteiger partial charge on any atom is -0.271 e. The van der Waals surface area contributed by atoms with Crippen LogP contribution >= 0.6 is 23.5 Å². The summed E-state index contributed by atoms with van der Waals surface area (Å²) < 4.78 is 0. The van der Waals surface area contributed by atoms with E-state index in [0.717, 1.165) is 17.7 Å². The molecule has 1 aromatic carbocycles. The highest BCUT2D eigenvalue weighted by Crippen LogP contribution is 2.37. The molecule has 0 unspecified atom stereocenters. The number of nitrogens with zero attached hydrogens (tertiary/aromatic N) is 3. The van der Waals surface area contributed by atoms with Crippen molar-refractivity contribution in [2.24, 2.45) is 4.99 Å². The van der Waals surface area contributed by atoms with Crippen LogP contribution in [0.15, 0.2) is 28.1 Å². The van der Waals surface area contributed by atoms with Crippen molar-refractivity contribution < 1.29 is 4.92 Å². The summed E-state index contributed by atoms with van der Waals surface area (Å²) >= 11 is 2.98. The summed E-state index contributed by atoms with van der Waals surface area (Å²) in [4.78, 5) is 15.9. The molecule has 6 nitrogen and oxygen atoms in total. The van der Waals surface area contributed by atoms with Crippen molar-refractivity contribution in [1.82, 2.24) is 5.32 Å². The number of amidine groups is 1. The molecule has 0 aromatic heterocycles. The third-order valence-electron chi connectivity index (χ3n) is 3.53. The van der Waals surface area contributed by atoms with Gasteiger partial charge in [0.05, 0.1) is 10.6 Å². The van der Waals surface area contributed by atoms with Crippen molar-refractivity contribution >= 4 is 40.1 Å². The zero-order valence-corrected chi connectivity index (χ0v) is 14.5. The Labute approximate surface area is 143 Å². The van der Waals surface area contributed by atoms with E-state index >= 15 is 0 Å². The fourth-order valence-electron chi connectivity index (χ4n) is 2.47. The largest absolute Gasteiger partial charge is 0.272 e. The van der Waals surface area contributed by atoms with Crippen molar-refractivity contribution in [1.29, 1.82) is 5.26 Å². The monoisotopic (exact) mass is 350 g/mol. The number of aliphatic imine (C=N–C) groups is 1. The number of nitro groups is 1. The smallest absolute Gasteiger partial charge is 0.271 e. The summed E-state index contributed by atoms with van der Waals surface area (Å²) in [6.45, 7) is 0. The number of nitro benzene ring substituents is 1. The van der Waals surface area contributed by atoms with Gasteiger partial charge in [0.15, 0.2) is 11.4 Å². The topological polar surface area (TPSA) is 91.3 Å². The minimum atomic E-state index is -0.402. The van der Waals surface area contributed by atoms with Gasteiger partial charge in [0, 0.05) is 22.3 Å². The molecule has 1 N–H and O–H groups in total. The third kappa shape index (κ3) is 5.44. The van der Waals surface area contributed by atoms with Crippen LogP contribution < -0.4 is 5.32 Å². The lowest BCUT2D eigenvalue weighted by atomic mass is 10.0. The summed E-state index contributed by atoms with van der Waals surface area (Å²) in [7, 11) is 0. The van der Waals surface area contributed by atoms with Crippen molar-refractivity contribution in [3.63, 3.8) is 0 Å². The highest BCUT2D eigenvalue weighted by atomic mass is 32.2. The number of nitriles is 1. The molecule has 0 radical (unpaired) electrons. The summed E-state index contributed by atoms with van der Waals surface area (Å²) in [6, 6.07) is 4.89. The van der Waals surface area contributed by atoms with E-state index in [1.165, 1.54) is 37.1 Å². The van der Waals surface area contributed by atoms with Crippen LogP contribution in [0.4, 0.5) is 11.4 Å². The second-order valence-corrected chi connectivity index (χ2v) is 7.35. The average molecular weight is 350 g/mol. The lowest BCUT2D eigenvalue weighted by molar-refractivity contribution is -0.385. The van der Waals surface area contributed by atoms with Gasteiger partial charge in [0.2, 0.25) is 0 Å². The van der Waals surface area contributed by atoms with Crippen LogP contribution in [0.1, 0.15) is 32.1 Å². The molecule has 8 heteroatoms. The number of benzene rings is 1. The fraction of sp³-hybridized carbons (Fsp3) is 0.467. The Morgan fingerprint density at radius 1 is 1.39 bits per heavy atom. The second-order valence-electron chi connectivity index (χ2n) is 5.18. The molecule has 0 aliphatic heterocycles. The zero-order chi connectivity index (χ0) is 16.7. The maximum absolute atomic E-state index is 11.2. The van der Waals surface area contributed by atoms with E-state index < -0.39 is 4.92 Å². The molecular weight excluding hydrogens is 332 g/mol. The molecule has 0 atom stereocenters. The van der Waals surface area contributed by atoms with Gasteiger partial charge >= 0.3 is 0 Å². The van der Waals surface area contributed by atoms with E-state index in [1.54, 1.807) is 24.1 Å². The number of nitrogens with one attached hydrogen (secondary N) is 1. The third-order valence-corrected chi connectivity index (χ3v) is 5.42. The van der Waals surface area contributed by atoms with Crippen LogP contribution in [-0.2, 0) is 0 Å². The van der Waals surface area contributed by atoms with Gasteiger partial charge in [-0.2, -0.15) is 5.26 Å². The van der Waals surface area contributed by atoms with Gasteiger partial charge in [0.1, 0.15) is 0 Å². The van der Waals surface area contributed by atoms with E-state index in [0.29, 0.717) is 16.1 Å². The first-order valence-electron chi connectivity index (χ1n) is 7.36. The first-order valence-corrected chi connectivity index (χ1v) is 9.46. The summed E-state index contributed by atoms with van der Waals surface area (Å²) in [6.07, 6.45) is 9.63. The number of hydrogen-bond donors (Lipinski definition) is 1. The van der Waals surface area contributed by atoms with Crippen molar-refractivity contribution in [2.45, 2.75) is 42.2 Å². The van der Waals surface area contributed by atoms with Gasteiger partial charge in [-0.1, -0.05) is 31.0 Å². The number of non-ortho nitro benzene ring substituents is 1. The van der Waals surface area contributed by atoms with E-state index in [-0.39, 0.29) is 5.69 Å². The SMILES string of the molecule is CSC(=Nc1cc(SC2CCCCC2)cc([N+](=O)[O-])c1)NC#N. The van der Waals surface area contributed by atoms with Gasteiger partial charge in [-0.15, -0.1) is 11.8 Å². The average Bonchev–Trinajstić information content (AvgIpc) is 2.55. The summed E-state index contributed by atoms with van der Waals surface area (Å²) in [5.74, 6) is 0. The van der Waals surface area contributed by atoms with Gasteiger partial charge in [-0.3, -0.25) is 15.4 Å². The van der Waals surface area contributed by atoms with Crippen LogP contribution in [-0.4, -0.2) is 21.6 Å². The molecule has 1 aliphatic rings. The maximum Gasteiger partial charge on any atom is 0.272 e. The number of hydrogen-bond acceptors (Lipinski definition) is 6. The molecule has 122 valence electrons. The summed E-state index contributed by atoms with van der Waals surface area (Å²) in [5, 5.41) is 23.2. The Morgan fingerprint density at radius 2 is 2.13 bits per heavy atom. The fourth-order valence-corrected chi connectivity index (χ4v) is 4.15. The van der Waals surface area contributed by atoms with Gasteiger partial charge in [0.25, 0.3) is 5.69 Å². The Morgan fingerprint density at radius 3 is 2.74 bits per heavy atom. The predicted molar refractivity (Wildman–Crippen MR) is 95.2 cm³/mol. The normalized spacial score (nSPS) is 15.9. The molecule has 0 saturated heterocycles. The van der Waals surface area contributed by atoms with E-state index in [4.69, 9.17) is 5.26 Å². The van der Waals surface area contributed by atoms with Gasteiger partial charge in [-0.25, -0.2) is 4.99 Å². The molecule has 1 aliphatic carbocycles. The Hall–Kier alpha value is -1.72. The van der Waals surface area contributed by atoms with E-state index in [2.05, 4.69) is 10.3 Å². The van der Waals surface area contributed by atoms with Crippen molar-refractivity contribution in [3.8, 4) is 6.19 Å². The molecule has 1 saturated carbocycles. The van der Waals surface area contributed by atoms with E-state index in [9.17, 15) is 10.1 Å². The van der Waals surface area contributed by atoms with Gasteiger partial charge < -0.3 is 0 Å². The molecule has 23 heavy (non-hydrogen) atoms. The van der Waals surface area contributed by atoms with Crippen LogP contribution in [0.25, 0.3) is 0 Å². The highest BCUT2D eigenvalue weighted by molar-refractivity contribution is 8.13. The zero-order valence-electron chi connectivity index (χ0n) is 12.8. The Bertz CT molecular complexity index is 637. The lowest BCUT2D eigenvalue weighted by Gasteiger charge is -2.20. The molecule has 0 spiro atoms. The van der Waals surface area contributed by atoms with Crippen molar-refractivity contribution in [2.75, 3.05) is 6.26 Å². The molecular formula is C15H18N4O2S2. The molecule has 0 amide bonds. The van der Waals surface area contributed by atoms with Crippen LogP contribution in [0.5, 0.6) is 0 Å². The predicted octanol–water partition coefficient (Wildman–Crippen LogP) is 4.44. The number of thioether (sulfide) groups is 2. The Kier molecular flexibility index (Phi) is 6.74.